The van der Waals surface area contributed by atoms with Crippen LogP contribution in [-0.2, 0) is 17.6 Å². The molecule has 0 bridgehead atoms. The molecule has 0 fully saturated rings. The first-order chi connectivity index (χ1) is 12.6. The fourth-order valence-corrected chi connectivity index (χ4v) is 3.93. The monoisotopic (exact) mass is 351 g/mol. The maximum Gasteiger partial charge on any atom is 0.217 e. The van der Waals surface area contributed by atoms with Crippen LogP contribution in [0.4, 0.5) is 0 Å². The van der Waals surface area contributed by atoms with Gasteiger partial charge in [0.25, 0.3) is 0 Å². The van der Waals surface area contributed by atoms with Crippen LogP contribution >= 0.6 is 0 Å². The van der Waals surface area contributed by atoms with Crippen molar-refractivity contribution < 1.29 is 4.79 Å². The van der Waals surface area contributed by atoms with Gasteiger partial charge in [-0.1, -0.05) is 81.3 Å². The number of hydrogen-bond donors (Lipinski definition) is 1. The third kappa shape index (κ3) is 6.33. The quantitative estimate of drug-likeness (QED) is 0.586. The van der Waals surface area contributed by atoms with Crippen LogP contribution in [0, 0.1) is 0 Å². The summed E-state index contributed by atoms with van der Waals surface area (Å²) in [6.45, 7) is 6.04. The fraction of sp³-hybridized carbons (Fsp3) is 0.458. The molecule has 0 radical (unpaired) electrons. The number of hydrogen-bond acceptors (Lipinski definition) is 1. The summed E-state index contributed by atoms with van der Waals surface area (Å²) in [5.74, 6) is 0.0881. The lowest BCUT2D eigenvalue weighted by molar-refractivity contribution is -0.121. The minimum Gasteiger partial charge on any atom is -0.351 e. The van der Waals surface area contributed by atoms with Crippen molar-refractivity contribution in [2.45, 2.75) is 71.3 Å². The van der Waals surface area contributed by atoms with Crippen molar-refractivity contribution in [1.82, 2.24) is 5.32 Å². The summed E-state index contributed by atoms with van der Waals surface area (Å²) in [6, 6.07) is 19.5. The molecule has 0 heterocycles. The van der Waals surface area contributed by atoms with Gasteiger partial charge in [0.2, 0.25) is 5.91 Å². The number of nitrogens with one attached hydrogen (secondary N) is 1. The molecule has 2 nitrogen and oxygen atoms in total. The number of carbonyl (C=O) groups excluding carboxylic acids is 1. The number of aryl methyl sites for hydroxylation is 1. The van der Waals surface area contributed by atoms with Crippen LogP contribution in [0.1, 0.15) is 69.6 Å². The van der Waals surface area contributed by atoms with Gasteiger partial charge < -0.3 is 5.32 Å². The molecule has 26 heavy (non-hydrogen) atoms. The second kappa shape index (κ2) is 10.2. The third-order valence-corrected chi connectivity index (χ3v) is 5.06. The van der Waals surface area contributed by atoms with Crippen molar-refractivity contribution in [3.8, 4) is 0 Å². The molecule has 1 N–H and O–H groups in total. The Morgan fingerprint density at radius 3 is 1.88 bits per heavy atom. The highest BCUT2D eigenvalue weighted by Crippen LogP contribution is 2.26. The number of benzene rings is 2. The van der Waals surface area contributed by atoms with Gasteiger partial charge in [-0.15, -0.1) is 0 Å². The van der Waals surface area contributed by atoms with Crippen LogP contribution in [0.25, 0.3) is 0 Å². The molecular formula is C24H33NO. The second-order valence-electron chi connectivity index (χ2n) is 7.44. The molecule has 140 valence electrons. The lowest BCUT2D eigenvalue weighted by Crippen LogP contribution is -2.47. The zero-order valence-corrected chi connectivity index (χ0v) is 16.6. The SMILES string of the molecule is CCCC(CCC)(CCc1ccc(Cc2ccccc2)cc1)NC(C)=O. The van der Waals surface area contributed by atoms with Crippen LogP contribution in [0.3, 0.4) is 0 Å². The van der Waals surface area contributed by atoms with Gasteiger partial charge in [-0.05, 0) is 48.8 Å². The van der Waals surface area contributed by atoms with E-state index in [1.54, 1.807) is 6.92 Å². The normalized spacial score (nSPS) is 11.3. The highest BCUT2D eigenvalue weighted by Gasteiger charge is 2.28. The average molecular weight is 352 g/mol. The predicted molar refractivity (Wildman–Crippen MR) is 110 cm³/mol. The highest BCUT2D eigenvalue weighted by molar-refractivity contribution is 5.73. The van der Waals surface area contributed by atoms with Crippen LogP contribution in [0.5, 0.6) is 0 Å². The van der Waals surface area contributed by atoms with E-state index in [1.165, 1.54) is 16.7 Å². The predicted octanol–water partition coefficient (Wildman–Crippen LogP) is 5.69. The second-order valence-corrected chi connectivity index (χ2v) is 7.44. The average Bonchev–Trinajstić information content (AvgIpc) is 2.62. The van der Waals surface area contributed by atoms with E-state index in [0.717, 1.165) is 44.9 Å². The van der Waals surface area contributed by atoms with Crippen LogP contribution in [-0.4, -0.2) is 11.4 Å². The third-order valence-electron chi connectivity index (χ3n) is 5.06. The van der Waals surface area contributed by atoms with E-state index in [9.17, 15) is 4.79 Å². The van der Waals surface area contributed by atoms with Gasteiger partial charge in [-0.3, -0.25) is 4.79 Å². The standard InChI is InChI=1S/C24H33NO/c1-4-16-24(17-5-2,25-20(3)26)18-15-21-11-13-23(14-12-21)19-22-9-7-6-8-10-22/h6-14H,4-5,15-19H2,1-3H3,(H,25,26). The number of amides is 1. The van der Waals surface area contributed by atoms with Gasteiger partial charge in [0.15, 0.2) is 0 Å². The number of rotatable bonds is 10. The summed E-state index contributed by atoms with van der Waals surface area (Å²) < 4.78 is 0. The largest absolute Gasteiger partial charge is 0.351 e. The zero-order chi connectivity index (χ0) is 18.8. The van der Waals surface area contributed by atoms with Crippen LogP contribution in [0.2, 0.25) is 0 Å². The van der Waals surface area contributed by atoms with Gasteiger partial charge in [0.05, 0.1) is 0 Å². The molecule has 2 heteroatoms. The molecule has 1 amide bonds. The molecule has 0 aliphatic carbocycles. The summed E-state index contributed by atoms with van der Waals surface area (Å²) in [5.41, 5.74) is 3.98. The van der Waals surface area contributed by atoms with E-state index in [-0.39, 0.29) is 11.4 Å². The van der Waals surface area contributed by atoms with Gasteiger partial charge >= 0.3 is 0 Å². The molecule has 0 unspecified atom stereocenters. The summed E-state index contributed by atoms with van der Waals surface area (Å²) in [6.07, 6.45) is 7.27. The van der Waals surface area contributed by atoms with E-state index in [1.807, 2.05) is 0 Å². The van der Waals surface area contributed by atoms with Crippen LogP contribution < -0.4 is 5.32 Å². The summed E-state index contributed by atoms with van der Waals surface area (Å²) >= 11 is 0. The smallest absolute Gasteiger partial charge is 0.217 e. The molecule has 0 aromatic heterocycles. The van der Waals surface area contributed by atoms with Crippen molar-refractivity contribution >= 4 is 5.91 Å². The molecule has 0 spiro atoms. The lowest BCUT2D eigenvalue weighted by atomic mass is 9.83. The minimum atomic E-state index is -0.0575. The molecule has 2 aromatic rings. The molecule has 2 aromatic carbocycles. The summed E-state index contributed by atoms with van der Waals surface area (Å²) in [5, 5.41) is 3.27. The van der Waals surface area contributed by atoms with Crippen molar-refractivity contribution in [2.24, 2.45) is 0 Å². The first-order valence-corrected chi connectivity index (χ1v) is 9.97. The molecule has 0 saturated carbocycles. The summed E-state index contributed by atoms with van der Waals surface area (Å²) in [7, 11) is 0. The van der Waals surface area contributed by atoms with E-state index >= 15 is 0 Å². The Morgan fingerprint density at radius 1 is 0.808 bits per heavy atom. The van der Waals surface area contributed by atoms with Crippen molar-refractivity contribution in [2.75, 3.05) is 0 Å². The molecular weight excluding hydrogens is 318 g/mol. The van der Waals surface area contributed by atoms with E-state index in [0.29, 0.717) is 0 Å². The van der Waals surface area contributed by atoms with Crippen molar-refractivity contribution in [3.63, 3.8) is 0 Å². The van der Waals surface area contributed by atoms with Gasteiger partial charge in [0, 0.05) is 12.5 Å². The van der Waals surface area contributed by atoms with E-state index in [4.69, 9.17) is 0 Å². The first-order valence-electron chi connectivity index (χ1n) is 9.97. The Labute approximate surface area is 159 Å². The van der Waals surface area contributed by atoms with Gasteiger partial charge in [-0.2, -0.15) is 0 Å². The fourth-order valence-electron chi connectivity index (χ4n) is 3.93. The Balaban J connectivity index is 2.00. The van der Waals surface area contributed by atoms with Crippen molar-refractivity contribution in [1.29, 1.82) is 0 Å². The maximum absolute atomic E-state index is 11.7. The van der Waals surface area contributed by atoms with Crippen molar-refractivity contribution in [3.05, 3.63) is 71.3 Å². The molecule has 0 atom stereocenters. The highest BCUT2D eigenvalue weighted by atomic mass is 16.1. The van der Waals surface area contributed by atoms with E-state index in [2.05, 4.69) is 73.8 Å². The first kappa shape index (κ1) is 20.2. The molecule has 0 aliphatic heterocycles. The molecule has 0 aliphatic rings. The lowest BCUT2D eigenvalue weighted by Gasteiger charge is -2.34. The topological polar surface area (TPSA) is 29.1 Å². The Kier molecular flexibility index (Phi) is 7.90. The summed E-state index contributed by atoms with van der Waals surface area (Å²) in [4.78, 5) is 11.7. The van der Waals surface area contributed by atoms with Crippen LogP contribution in [0.15, 0.2) is 54.6 Å². The minimum absolute atomic E-state index is 0.0575. The van der Waals surface area contributed by atoms with Gasteiger partial charge in [-0.25, -0.2) is 0 Å². The Morgan fingerprint density at radius 2 is 1.35 bits per heavy atom. The Hall–Kier alpha value is -2.09. The van der Waals surface area contributed by atoms with Gasteiger partial charge in [0.1, 0.15) is 0 Å². The molecule has 0 saturated heterocycles. The van der Waals surface area contributed by atoms with E-state index < -0.39 is 0 Å². The maximum atomic E-state index is 11.7. The molecule has 2 rings (SSSR count). The number of carbonyl (C=O) groups is 1. The Bertz CT molecular complexity index is 654. The zero-order valence-electron chi connectivity index (χ0n) is 16.6.